The molecule has 102 valence electrons. The Morgan fingerprint density at radius 3 is 2.16 bits per heavy atom. The molecule has 19 heavy (non-hydrogen) atoms. The van der Waals surface area contributed by atoms with Gasteiger partial charge < -0.3 is 20.1 Å². The van der Waals surface area contributed by atoms with Crippen molar-refractivity contribution in [1.82, 2.24) is 0 Å². The number of hydrogen-bond acceptors (Lipinski definition) is 5. The molecule has 0 bridgehead atoms. The van der Waals surface area contributed by atoms with Crippen molar-refractivity contribution in [3.63, 3.8) is 0 Å². The first-order chi connectivity index (χ1) is 8.84. The summed E-state index contributed by atoms with van der Waals surface area (Å²) in [7, 11) is 0. The number of carboxylic acid groups (broad SMARTS) is 2. The number of carbonyl (C=O) groups is 3. The van der Waals surface area contributed by atoms with Crippen molar-refractivity contribution >= 4 is 17.9 Å². The molecule has 7 heteroatoms. The van der Waals surface area contributed by atoms with Crippen LogP contribution in [0.15, 0.2) is 24.3 Å². The first kappa shape index (κ1) is 14.7. The molecule has 1 rings (SSSR count). The number of carbonyl (C=O) groups excluding carboxylic acids is 1. The second-order valence-electron chi connectivity index (χ2n) is 3.76. The van der Waals surface area contributed by atoms with Crippen molar-refractivity contribution in [3.8, 4) is 0 Å². The molecule has 0 heterocycles. The van der Waals surface area contributed by atoms with Crippen molar-refractivity contribution in [1.29, 1.82) is 0 Å². The Labute approximate surface area is 108 Å². The smallest absolute Gasteiger partial charge is 0.348 e. The van der Waals surface area contributed by atoms with Crippen molar-refractivity contribution in [2.75, 3.05) is 0 Å². The van der Waals surface area contributed by atoms with Crippen LogP contribution >= 0.6 is 0 Å². The molecule has 0 radical (unpaired) electrons. The predicted molar refractivity (Wildman–Crippen MR) is 61.7 cm³/mol. The lowest BCUT2D eigenvalue weighted by Crippen LogP contribution is -2.43. The van der Waals surface area contributed by atoms with Crippen molar-refractivity contribution in [2.45, 2.75) is 19.1 Å². The molecule has 0 fully saturated rings. The van der Waals surface area contributed by atoms with Crippen LogP contribution in [0.25, 0.3) is 0 Å². The molecule has 0 aliphatic carbocycles. The minimum Gasteiger partial charge on any atom is -0.479 e. The zero-order valence-corrected chi connectivity index (χ0v) is 9.94. The highest BCUT2D eigenvalue weighted by Crippen LogP contribution is 2.11. The van der Waals surface area contributed by atoms with Crippen molar-refractivity contribution in [2.24, 2.45) is 0 Å². The third-order valence-corrected chi connectivity index (χ3v) is 2.38. The zero-order valence-electron chi connectivity index (χ0n) is 9.94. The van der Waals surface area contributed by atoms with E-state index in [1.807, 2.05) is 0 Å². The van der Waals surface area contributed by atoms with Crippen LogP contribution in [0, 0.1) is 6.92 Å². The van der Waals surface area contributed by atoms with E-state index in [9.17, 15) is 14.4 Å². The molecule has 0 saturated heterocycles. The fraction of sp³-hybridized carbons (Fsp3) is 0.250. The maximum absolute atomic E-state index is 11.7. The summed E-state index contributed by atoms with van der Waals surface area (Å²) >= 11 is 0. The summed E-state index contributed by atoms with van der Waals surface area (Å²) in [5.74, 6) is -4.53. The van der Waals surface area contributed by atoms with Gasteiger partial charge in [-0.1, -0.05) is 18.2 Å². The molecule has 7 nitrogen and oxygen atoms in total. The molecule has 0 amide bonds. The van der Waals surface area contributed by atoms with Gasteiger partial charge in [0, 0.05) is 0 Å². The molecule has 0 aliphatic rings. The first-order valence-corrected chi connectivity index (χ1v) is 5.25. The molecule has 1 aromatic carbocycles. The van der Waals surface area contributed by atoms with Gasteiger partial charge in [-0.15, -0.1) is 0 Å². The van der Waals surface area contributed by atoms with E-state index >= 15 is 0 Å². The van der Waals surface area contributed by atoms with Gasteiger partial charge in [0.1, 0.15) is 0 Å². The molecular formula is C12H12O7. The van der Waals surface area contributed by atoms with E-state index in [2.05, 4.69) is 4.74 Å². The van der Waals surface area contributed by atoms with E-state index in [1.165, 1.54) is 6.07 Å². The van der Waals surface area contributed by atoms with Crippen LogP contribution in [-0.4, -0.2) is 45.4 Å². The molecule has 3 N–H and O–H groups in total. The highest BCUT2D eigenvalue weighted by Gasteiger charge is 2.36. The number of aliphatic carboxylic acids is 2. The molecular weight excluding hydrogens is 256 g/mol. The van der Waals surface area contributed by atoms with Gasteiger partial charge in [0.15, 0.2) is 6.10 Å². The number of ether oxygens (including phenoxy) is 1. The number of esters is 1. The monoisotopic (exact) mass is 268 g/mol. The number of rotatable bonds is 5. The number of aliphatic hydroxyl groups is 1. The van der Waals surface area contributed by atoms with Gasteiger partial charge in [-0.3, -0.25) is 0 Å². The van der Waals surface area contributed by atoms with E-state index in [-0.39, 0.29) is 5.56 Å². The second kappa shape index (κ2) is 5.96. The lowest BCUT2D eigenvalue weighted by atomic mass is 10.1. The summed E-state index contributed by atoms with van der Waals surface area (Å²) in [6.45, 7) is 1.61. The van der Waals surface area contributed by atoms with E-state index in [1.54, 1.807) is 25.1 Å². The molecule has 0 aromatic heterocycles. The van der Waals surface area contributed by atoms with Crippen LogP contribution in [0.2, 0.25) is 0 Å². The fourth-order valence-corrected chi connectivity index (χ4v) is 1.36. The Morgan fingerprint density at radius 1 is 1.11 bits per heavy atom. The maximum atomic E-state index is 11.7. The van der Waals surface area contributed by atoms with Crippen LogP contribution < -0.4 is 0 Å². The quantitative estimate of drug-likeness (QED) is 0.645. The molecule has 0 saturated carbocycles. The summed E-state index contributed by atoms with van der Waals surface area (Å²) < 4.78 is 4.53. The van der Waals surface area contributed by atoms with Crippen LogP contribution in [0.4, 0.5) is 0 Å². The zero-order chi connectivity index (χ0) is 14.6. The maximum Gasteiger partial charge on any atom is 0.348 e. The Bertz CT molecular complexity index is 509. The predicted octanol–water partition coefficient (Wildman–Crippen LogP) is 0.0505. The SMILES string of the molecule is Cc1ccccc1C(=O)O[C@@H](C(=O)O)[C@@H](O)C(=O)O. The van der Waals surface area contributed by atoms with Crippen LogP contribution in [-0.2, 0) is 14.3 Å². The molecule has 2 atom stereocenters. The van der Waals surface area contributed by atoms with E-state index < -0.39 is 30.1 Å². The Hall–Kier alpha value is -2.41. The van der Waals surface area contributed by atoms with Gasteiger partial charge in [-0.05, 0) is 18.6 Å². The minimum atomic E-state index is -2.33. The first-order valence-electron chi connectivity index (χ1n) is 5.25. The molecule has 0 unspecified atom stereocenters. The lowest BCUT2D eigenvalue weighted by Gasteiger charge is -2.16. The van der Waals surface area contributed by atoms with Crippen LogP contribution in [0.5, 0.6) is 0 Å². The van der Waals surface area contributed by atoms with Crippen molar-refractivity contribution < 1.29 is 34.4 Å². The van der Waals surface area contributed by atoms with Gasteiger partial charge in [-0.2, -0.15) is 0 Å². The van der Waals surface area contributed by atoms with Gasteiger partial charge in [0.05, 0.1) is 5.56 Å². The summed E-state index contributed by atoms with van der Waals surface area (Å²) in [6.07, 6.45) is -4.49. The van der Waals surface area contributed by atoms with Gasteiger partial charge in [0.2, 0.25) is 6.10 Å². The fourth-order valence-electron chi connectivity index (χ4n) is 1.36. The van der Waals surface area contributed by atoms with Crippen molar-refractivity contribution in [3.05, 3.63) is 35.4 Å². The summed E-state index contributed by atoms with van der Waals surface area (Å²) in [5, 5.41) is 26.5. The number of benzene rings is 1. The van der Waals surface area contributed by atoms with E-state index in [0.29, 0.717) is 5.56 Å². The average molecular weight is 268 g/mol. The minimum absolute atomic E-state index is 0.103. The Morgan fingerprint density at radius 2 is 1.68 bits per heavy atom. The highest BCUT2D eigenvalue weighted by atomic mass is 16.6. The summed E-state index contributed by atoms with van der Waals surface area (Å²) in [4.78, 5) is 33.0. The Kier molecular flexibility index (Phi) is 4.60. The van der Waals surface area contributed by atoms with Gasteiger partial charge >= 0.3 is 17.9 Å². The highest BCUT2D eigenvalue weighted by molar-refractivity contribution is 5.93. The average Bonchev–Trinajstić information content (AvgIpc) is 2.34. The van der Waals surface area contributed by atoms with E-state index in [4.69, 9.17) is 15.3 Å². The number of aryl methyl sites for hydroxylation is 1. The third-order valence-electron chi connectivity index (χ3n) is 2.38. The van der Waals surface area contributed by atoms with Crippen LogP contribution in [0.3, 0.4) is 0 Å². The summed E-state index contributed by atoms with van der Waals surface area (Å²) in [6, 6.07) is 6.24. The topological polar surface area (TPSA) is 121 Å². The molecule has 0 aliphatic heterocycles. The molecule has 0 spiro atoms. The van der Waals surface area contributed by atoms with Gasteiger partial charge in [-0.25, -0.2) is 14.4 Å². The number of aliphatic hydroxyl groups excluding tert-OH is 1. The normalized spacial score (nSPS) is 13.4. The molecule has 1 aromatic rings. The standard InChI is InChI=1S/C12H12O7/c1-6-4-2-3-5-7(6)12(18)19-9(11(16)17)8(13)10(14)15/h2-5,8-9,13H,1H3,(H,14,15)(H,16,17)/t8-,9-/m1/s1. The third kappa shape index (κ3) is 3.52. The lowest BCUT2D eigenvalue weighted by molar-refractivity contribution is -0.166. The summed E-state index contributed by atoms with van der Waals surface area (Å²) in [5.41, 5.74) is 0.646. The second-order valence-corrected chi connectivity index (χ2v) is 3.76. The number of carboxylic acids is 2. The van der Waals surface area contributed by atoms with E-state index in [0.717, 1.165) is 0 Å². The largest absolute Gasteiger partial charge is 0.479 e. The van der Waals surface area contributed by atoms with Crippen LogP contribution in [0.1, 0.15) is 15.9 Å². The van der Waals surface area contributed by atoms with Gasteiger partial charge in [0.25, 0.3) is 0 Å². The number of hydrogen-bond donors (Lipinski definition) is 3. The Balaban J connectivity index is 2.92.